The van der Waals surface area contributed by atoms with Crippen molar-refractivity contribution in [3.8, 4) is 0 Å². The molecule has 0 amide bonds. The summed E-state index contributed by atoms with van der Waals surface area (Å²) in [5.74, 6) is 0.559. The van der Waals surface area contributed by atoms with Crippen LogP contribution < -0.4 is 5.73 Å². The Kier molecular flexibility index (Phi) is 3.90. The first kappa shape index (κ1) is 11.0. The fourth-order valence-corrected chi connectivity index (χ4v) is 1.44. The molecule has 1 aromatic rings. The quantitative estimate of drug-likeness (QED) is 0.776. The van der Waals surface area contributed by atoms with Gasteiger partial charge in [-0.25, -0.2) is 0 Å². The van der Waals surface area contributed by atoms with Gasteiger partial charge in [0.05, 0.1) is 0 Å². The normalized spacial score (nSPS) is 13.8. The highest BCUT2D eigenvalue weighted by Gasteiger charge is 2.02. The van der Waals surface area contributed by atoms with Gasteiger partial charge >= 0.3 is 0 Å². The molecule has 1 nitrogen and oxygen atoms in total. The van der Waals surface area contributed by atoms with Crippen LogP contribution in [0.25, 0.3) is 6.08 Å². The summed E-state index contributed by atoms with van der Waals surface area (Å²) < 4.78 is 0. The van der Waals surface area contributed by atoms with Crippen molar-refractivity contribution in [3.05, 3.63) is 41.5 Å². The molecule has 0 fully saturated rings. The highest BCUT2D eigenvalue weighted by Crippen LogP contribution is 2.20. The van der Waals surface area contributed by atoms with Crippen LogP contribution >= 0.6 is 0 Å². The average Bonchev–Trinajstić information content (AvgIpc) is 2.15. The second kappa shape index (κ2) is 4.97. The van der Waals surface area contributed by atoms with Gasteiger partial charge in [0, 0.05) is 6.04 Å². The zero-order chi connectivity index (χ0) is 10.6. The highest BCUT2D eigenvalue weighted by atomic mass is 14.6. The molecule has 1 atom stereocenters. The topological polar surface area (TPSA) is 26.0 Å². The number of rotatable bonds is 3. The van der Waals surface area contributed by atoms with Crippen LogP contribution in [0.2, 0.25) is 0 Å². The summed E-state index contributed by atoms with van der Waals surface area (Å²) in [5, 5.41) is 0. The van der Waals surface area contributed by atoms with E-state index in [9.17, 15) is 0 Å². The average molecular weight is 189 g/mol. The molecule has 0 aliphatic carbocycles. The van der Waals surface area contributed by atoms with Crippen molar-refractivity contribution in [3.63, 3.8) is 0 Å². The van der Waals surface area contributed by atoms with E-state index in [0.717, 1.165) is 0 Å². The number of benzene rings is 1. The molecule has 1 heteroatoms. The fraction of sp³-hybridized carbons (Fsp3) is 0.385. The van der Waals surface area contributed by atoms with E-state index >= 15 is 0 Å². The molecule has 14 heavy (non-hydrogen) atoms. The van der Waals surface area contributed by atoms with Crippen molar-refractivity contribution in [2.45, 2.75) is 32.7 Å². The zero-order valence-electron chi connectivity index (χ0n) is 9.20. The van der Waals surface area contributed by atoms with Gasteiger partial charge < -0.3 is 5.73 Å². The molecule has 0 saturated heterocycles. The molecule has 0 bridgehead atoms. The van der Waals surface area contributed by atoms with Crippen LogP contribution in [-0.4, -0.2) is 6.04 Å². The van der Waals surface area contributed by atoms with Crippen molar-refractivity contribution >= 4 is 6.08 Å². The van der Waals surface area contributed by atoms with Gasteiger partial charge in [0.1, 0.15) is 0 Å². The minimum atomic E-state index is 0.121. The molecule has 1 unspecified atom stereocenters. The van der Waals surface area contributed by atoms with Gasteiger partial charge in [-0.05, 0) is 24.0 Å². The highest BCUT2D eigenvalue weighted by molar-refractivity contribution is 5.55. The largest absolute Gasteiger partial charge is 0.325 e. The van der Waals surface area contributed by atoms with E-state index < -0.39 is 0 Å². The van der Waals surface area contributed by atoms with Gasteiger partial charge in [-0.15, -0.1) is 0 Å². The Labute approximate surface area is 86.6 Å². The monoisotopic (exact) mass is 189 g/mol. The summed E-state index contributed by atoms with van der Waals surface area (Å²) in [7, 11) is 0. The van der Waals surface area contributed by atoms with E-state index in [1.165, 1.54) is 11.1 Å². The smallest absolute Gasteiger partial charge is 0.0198 e. The lowest BCUT2D eigenvalue weighted by Crippen LogP contribution is -2.10. The Morgan fingerprint density at radius 2 is 1.79 bits per heavy atom. The van der Waals surface area contributed by atoms with E-state index in [2.05, 4.69) is 44.2 Å². The Bertz CT molecular complexity index is 311. The van der Waals surface area contributed by atoms with Gasteiger partial charge in [0.25, 0.3) is 0 Å². The summed E-state index contributed by atoms with van der Waals surface area (Å²) in [4.78, 5) is 0. The van der Waals surface area contributed by atoms with Gasteiger partial charge in [-0.1, -0.05) is 50.3 Å². The maximum absolute atomic E-state index is 5.68. The molecule has 0 spiro atoms. The third kappa shape index (κ3) is 3.00. The lowest BCUT2D eigenvalue weighted by molar-refractivity contribution is 0.863. The van der Waals surface area contributed by atoms with Crippen molar-refractivity contribution in [2.75, 3.05) is 0 Å². The van der Waals surface area contributed by atoms with Gasteiger partial charge in [0.15, 0.2) is 0 Å². The van der Waals surface area contributed by atoms with Crippen LogP contribution in [0, 0.1) is 0 Å². The molecule has 0 aliphatic rings. The lowest BCUT2D eigenvalue weighted by atomic mass is 9.97. The molecule has 0 aliphatic heterocycles. The molecule has 2 N–H and O–H groups in total. The first-order chi connectivity index (χ1) is 6.61. The van der Waals surface area contributed by atoms with Gasteiger partial charge in [-0.3, -0.25) is 0 Å². The SMILES string of the molecule is CC(N)/C=C/c1ccccc1C(C)C. The molecular weight excluding hydrogens is 170 g/mol. The number of hydrogen-bond acceptors (Lipinski definition) is 1. The molecule has 1 rings (SSSR count). The molecule has 76 valence electrons. The van der Waals surface area contributed by atoms with Crippen molar-refractivity contribution in [1.82, 2.24) is 0 Å². The van der Waals surface area contributed by atoms with Crippen molar-refractivity contribution in [1.29, 1.82) is 0 Å². The first-order valence-electron chi connectivity index (χ1n) is 5.14. The lowest BCUT2D eigenvalue weighted by Gasteiger charge is -2.09. The molecular formula is C13H19N. The molecule has 0 aromatic heterocycles. The Morgan fingerprint density at radius 1 is 1.14 bits per heavy atom. The summed E-state index contributed by atoms with van der Waals surface area (Å²) in [6.07, 6.45) is 4.14. The van der Waals surface area contributed by atoms with Crippen LogP contribution in [0.1, 0.15) is 37.8 Å². The van der Waals surface area contributed by atoms with Crippen LogP contribution in [-0.2, 0) is 0 Å². The summed E-state index contributed by atoms with van der Waals surface area (Å²) in [6, 6.07) is 8.57. The van der Waals surface area contributed by atoms with Gasteiger partial charge in [0.2, 0.25) is 0 Å². The predicted molar refractivity (Wildman–Crippen MR) is 63.2 cm³/mol. The maximum Gasteiger partial charge on any atom is 0.0198 e. The van der Waals surface area contributed by atoms with Gasteiger partial charge in [-0.2, -0.15) is 0 Å². The van der Waals surface area contributed by atoms with E-state index in [1.54, 1.807) is 0 Å². The molecule has 0 radical (unpaired) electrons. The Balaban J connectivity index is 2.96. The van der Waals surface area contributed by atoms with Crippen LogP contribution in [0.3, 0.4) is 0 Å². The van der Waals surface area contributed by atoms with Crippen LogP contribution in [0.4, 0.5) is 0 Å². The minimum Gasteiger partial charge on any atom is -0.325 e. The molecule has 1 aromatic carbocycles. The number of hydrogen-bond donors (Lipinski definition) is 1. The van der Waals surface area contributed by atoms with E-state index in [-0.39, 0.29) is 6.04 Å². The maximum atomic E-state index is 5.68. The third-order valence-corrected chi connectivity index (χ3v) is 2.20. The second-order valence-corrected chi connectivity index (χ2v) is 4.00. The first-order valence-corrected chi connectivity index (χ1v) is 5.14. The minimum absolute atomic E-state index is 0.121. The van der Waals surface area contributed by atoms with E-state index in [0.29, 0.717) is 5.92 Å². The zero-order valence-corrected chi connectivity index (χ0v) is 9.20. The standard InChI is InChI=1S/C13H19N/c1-10(2)13-7-5-4-6-12(13)9-8-11(3)14/h4-11H,14H2,1-3H3/b9-8+. The van der Waals surface area contributed by atoms with Crippen LogP contribution in [0.5, 0.6) is 0 Å². The van der Waals surface area contributed by atoms with Crippen molar-refractivity contribution in [2.24, 2.45) is 5.73 Å². The van der Waals surface area contributed by atoms with Crippen LogP contribution in [0.15, 0.2) is 30.3 Å². The second-order valence-electron chi connectivity index (χ2n) is 4.00. The van der Waals surface area contributed by atoms with E-state index in [4.69, 9.17) is 5.73 Å². The fourth-order valence-electron chi connectivity index (χ4n) is 1.44. The summed E-state index contributed by atoms with van der Waals surface area (Å²) >= 11 is 0. The molecule has 0 saturated carbocycles. The predicted octanol–water partition coefficient (Wildman–Crippen LogP) is 3.17. The summed E-state index contributed by atoms with van der Waals surface area (Å²) in [6.45, 7) is 6.39. The number of nitrogens with two attached hydrogens (primary N) is 1. The third-order valence-electron chi connectivity index (χ3n) is 2.20. The Morgan fingerprint density at radius 3 is 2.36 bits per heavy atom. The Hall–Kier alpha value is -1.08. The van der Waals surface area contributed by atoms with Crippen molar-refractivity contribution < 1.29 is 0 Å². The molecule has 0 heterocycles. The van der Waals surface area contributed by atoms with E-state index in [1.807, 2.05) is 13.0 Å². The summed E-state index contributed by atoms with van der Waals surface area (Å²) in [5.41, 5.74) is 8.34.